The average Bonchev–Trinajstić information content (AvgIpc) is 2.92. The molecule has 0 radical (unpaired) electrons. The standard InChI is InChI=1S/C17H17N3O2S/c1-2-9-6-7-10-12(8-9)23-17-14(10)16(22)19-15(20-17)11-4-3-5-13(21)18-11/h3-5,9H,2,6-8H2,1H3,(H,18,21)(H,19,20,22)/t9-/m0/s1. The quantitative estimate of drug-likeness (QED) is 0.759. The Kier molecular flexibility index (Phi) is 3.41. The fourth-order valence-electron chi connectivity index (χ4n) is 3.31. The molecule has 1 aliphatic rings. The molecule has 4 rings (SSSR count). The van der Waals surface area contributed by atoms with E-state index >= 15 is 0 Å². The normalized spacial score (nSPS) is 17.3. The van der Waals surface area contributed by atoms with Gasteiger partial charge in [-0.2, -0.15) is 0 Å². The Labute approximate surface area is 136 Å². The lowest BCUT2D eigenvalue weighted by atomic mass is 9.86. The first-order valence-corrected chi connectivity index (χ1v) is 8.71. The molecular formula is C17H17N3O2S. The third-order valence-corrected chi connectivity index (χ3v) is 5.77. The summed E-state index contributed by atoms with van der Waals surface area (Å²) in [5.41, 5.74) is 1.40. The van der Waals surface area contributed by atoms with E-state index in [0.29, 0.717) is 17.4 Å². The molecule has 0 saturated heterocycles. The maximum absolute atomic E-state index is 12.6. The van der Waals surface area contributed by atoms with Crippen molar-refractivity contribution in [3.8, 4) is 11.5 Å². The monoisotopic (exact) mass is 327 g/mol. The Morgan fingerprint density at radius 2 is 2.17 bits per heavy atom. The molecule has 0 fully saturated rings. The van der Waals surface area contributed by atoms with Crippen LogP contribution in [0.2, 0.25) is 0 Å². The molecule has 0 spiro atoms. The van der Waals surface area contributed by atoms with Gasteiger partial charge in [0.15, 0.2) is 5.82 Å². The zero-order chi connectivity index (χ0) is 16.0. The molecule has 1 aliphatic carbocycles. The number of H-pyrrole nitrogens is 2. The zero-order valence-corrected chi connectivity index (χ0v) is 13.6. The second-order valence-electron chi connectivity index (χ2n) is 6.04. The Balaban J connectivity index is 1.89. The first kappa shape index (κ1) is 14.4. The Hall–Kier alpha value is -2.21. The van der Waals surface area contributed by atoms with Crippen LogP contribution in [-0.4, -0.2) is 15.0 Å². The minimum atomic E-state index is -0.207. The minimum Gasteiger partial charge on any atom is -0.319 e. The van der Waals surface area contributed by atoms with Crippen molar-refractivity contribution in [2.75, 3.05) is 0 Å². The van der Waals surface area contributed by atoms with E-state index in [9.17, 15) is 9.59 Å². The van der Waals surface area contributed by atoms with Gasteiger partial charge in [0.2, 0.25) is 5.56 Å². The first-order chi connectivity index (χ1) is 11.2. The average molecular weight is 327 g/mol. The van der Waals surface area contributed by atoms with E-state index in [4.69, 9.17) is 0 Å². The largest absolute Gasteiger partial charge is 0.319 e. The van der Waals surface area contributed by atoms with Gasteiger partial charge >= 0.3 is 0 Å². The van der Waals surface area contributed by atoms with Gasteiger partial charge in [0.1, 0.15) is 4.83 Å². The predicted octanol–water partition coefficient (Wildman–Crippen LogP) is 2.85. The second-order valence-corrected chi connectivity index (χ2v) is 7.13. The van der Waals surface area contributed by atoms with Crippen LogP contribution in [0.15, 0.2) is 27.8 Å². The molecule has 0 amide bonds. The molecule has 0 aliphatic heterocycles. The number of aromatic nitrogens is 3. The third kappa shape index (κ3) is 2.43. The minimum absolute atomic E-state index is 0.109. The maximum Gasteiger partial charge on any atom is 0.260 e. The van der Waals surface area contributed by atoms with Gasteiger partial charge in [-0.05, 0) is 36.8 Å². The highest BCUT2D eigenvalue weighted by Gasteiger charge is 2.24. The molecule has 0 bridgehead atoms. The van der Waals surface area contributed by atoms with Crippen LogP contribution in [0.3, 0.4) is 0 Å². The smallest absolute Gasteiger partial charge is 0.260 e. The summed E-state index contributed by atoms with van der Waals surface area (Å²) in [6.07, 6.45) is 4.32. The van der Waals surface area contributed by atoms with E-state index in [1.165, 1.54) is 22.9 Å². The molecule has 3 aromatic heterocycles. The topological polar surface area (TPSA) is 78.6 Å². The van der Waals surface area contributed by atoms with Crippen LogP contribution in [0.5, 0.6) is 0 Å². The number of nitrogens with zero attached hydrogens (tertiary/aromatic N) is 1. The Morgan fingerprint density at radius 3 is 2.96 bits per heavy atom. The number of rotatable bonds is 2. The lowest BCUT2D eigenvalue weighted by Crippen LogP contribution is -2.15. The molecule has 0 saturated carbocycles. The number of fused-ring (bicyclic) bond motifs is 3. The lowest BCUT2D eigenvalue weighted by Gasteiger charge is -2.20. The number of hydrogen-bond acceptors (Lipinski definition) is 4. The van der Waals surface area contributed by atoms with Crippen LogP contribution in [0, 0.1) is 5.92 Å². The molecule has 3 heterocycles. The van der Waals surface area contributed by atoms with Crippen molar-refractivity contribution in [2.45, 2.75) is 32.6 Å². The number of thiophene rings is 1. The van der Waals surface area contributed by atoms with Crippen molar-refractivity contribution in [3.63, 3.8) is 0 Å². The van der Waals surface area contributed by atoms with E-state index in [2.05, 4.69) is 21.9 Å². The highest BCUT2D eigenvalue weighted by Crippen LogP contribution is 2.37. The Morgan fingerprint density at radius 1 is 1.30 bits per heavy atom. The van der Waals surface area contributed by atoms with E-state index < -0.39 is 0 Å². The highest BCUT2D eigenvalue weighted by atomic mass is 32.1. The summed E-state index contributed by atoms with van der Waals surface area (Å²) in [5.74, 6) is 1.13. The number of aryl methyl sites for hydroxylation is 1. The zero-order valence-electron chi connectivity index (χ0n) is 12.8. The fraction of sp³-hybridized carbons (Fsp3) is 0.353. The van der Waals surface area contributed by atoms with Gasteiger partial charge in [-0.25, -0.2) is 4.98 Å². The van der Waals surface area contributed by atoms with Crippen LogP contribution >= 0.6 is 11.3 Å². The van der Waals surface area contributed by atoms with Crippen LogP contribution in [0.4, 0.5) is 0 Å². The molecule has 118 valence electrons. The van der Waals surface area contributed by atoms with Crippen LogP contribution in [0.25, 0.3) is 21.7 Å². The predicted molar refractivity (Wildman–Crippen MR) is 92.1 cm³/mol. The van der Waals surface area contributed by atoms with Crippen molar-refractivity contribution in [2.24, 2.45) is 5.92 Å². The van der Waals surface area contributed by atoms with Crippen LogP contribution in [0.1, 0.15) is 30.2 Å². The van der Waals surface area contributed by atoms with Crippen molar-refractivity contribution >= 4 is 21.6 Å². The fourth-order valence-corrected chi connectivity index (χ4v) is 4.65. The van der Waals surface area contributed by atoms with Crippen LogP contribution in [-0.2, 0) is 12.8 Å². The van der Waals surface area contributed by atoms with Crippen molar-refractivity contribution < 1.29 is 0 Å². The van der Waals surface area contributed by atoms with Crippen LogP contribution < -0.4 is 11.1 Å². The van der Waals surface area contributed by atoms with Gasteiger partial charge in [-0.15, -0.1) is 11.3 Å². The maximum atomic E-state index is 12.6. The second kappa shape index (κ2) is 5.45. The van der Waals surface area contributed by atoms with Crippen molar-refractivity contribution in [1.29, 1.82) is 0 Å². The molecule has 23 heavy (non-hydrogen) atoms. The molecule has 6 heteroatoms. The SMILES string of the molecule is CC[C@H]1CCc2c(sc3nc(-c4cccc(=O)[nH]4)[nH]c(=O)c23)C1. The highest BCUT2D eigenvalue weighted by molar-refractivity contribution is 7.18. The van der Waals surface area contributed by atoms with Gasteiger partial charge in [-0.3, -0.25) is 9.59 Å². The van der Waals surface area contributed by atoms with Gasteiger partial charge in [0, 0.05) is 10.9 Å². The lowest BCUT2D eigenvalue weighted by molar-refractivity contribution is 0.451. The molecule has 0 unspecified atom stereocenters. The van der Waals surface area contributed by atoms with Crippen molar-refractivity contribution in [3.05, 3.63) is 49.3 Å². The van der Waals surface area contributed by atoms with E-state index in [1.807, 2.05) is 0 Å². The third-order valence-electron chi connectivity index (χ3n) is 4.62. The molecule has 0 aromatic carbocycles. The molecule has 5 nitrogen and oxygen atoms in total. The summed E-state index contributed by atoms with van der Waals surface area (Å²) in [7, 11) is 0. The van der Waals surface area contributed by atoms with E-state index in [1.54, 1.807) is 23.5 Å². The van der Waals surface area contributed by atoms with E-state index in [-0.39, 0.29) is 11.1 Å². The summed E-state index contributed by atoms with van der Waals surface area (Å²) in [5, 5.41) is 0.738. The van der Waals surface area contributed by atoms with Gasteiger partial charge in [0.25, 0.3) is 5.56 Å². The summed E-state index contributed by atoms with van der Waals surface area (Å²) in [6, 6.07) is 4.84. The number of pyridine rings is 1. The van der Waals surface area contributed by atoms with Gasteiger partial charge in [-0.1, -0.05) is 19.4 Å². The number of hydrogen-bond donors (Lipinski definition) is 2. The summed E-state index contributed by atoms with van der Waals surface area (Å²) in [6.45, 7) is 2.22. The number of nitrogens with one attached hydrogen (secondary N) is 2. The Bertz CT molecular complexity index is 999. The molecule has 3 aromatic rings. The molecule has 1 atom stereocenters. The summed E-state index contributed by atoms with van der Waals surface area (Å²) >= 11 is 1.62. The molecule has 2 N–H and O–H groups in total. The molecular weight excluding hydrogens is 310 g/mol. The van der Waals surface area contributed by atoms with Gasteiger partial charge in [0.05, 0.1) is 11.1 Å². The number of aromatic amines is 2. The van der Waals surface area contributed by atoms with Crippen molar-refractivity contribution in [1.82, 2.24) is 15.0 Å². The first-order valence-electron chi connectivity index (χ1n) is 7.90. The van der Waals surface area contributed by atoms with E-state index in [0.717, 1.165) is 29.5 Å². The van der Waals surface area contributed by atoms with Gasteiger partial charge < -0.3 is 9.97 Å². The summed E-state index contributed by atoms with van der Waals surface area (Å²) < 4.78 is 0. The summed E-state index contributed by atoms with van der Waals surface area (Å²) in [4.78, 5) is 36.2.